The maximum Gasteiger partial charge on any atom is 0.301 e. The molecule has 10 heteroatoms. The van der Waals surface area contributed by atoms with Gasteiger partial charge in [0.2, 0.25) is 0 Å². The Hall–Kier alpha value is -5.38. The molecule has 0 aromatic heterocycles. The van der Waals surface area contributed by atoms with Crippen LogP contribution in [0.15, 0.2) is 113 Å². The van der Waals surface area contributed by atoms with E-state index in [-0.39, 0.29) is 17.4 Å². The van der Waals surface area contributed by atoms with E-state index in [0.717, 1.165) is 35.0 Å². The fourth-order valence-electron chi connectivity index (χ4n) is 4.26. The summed E-state index contributed by atoms with van der Waals surface area (Å²) in [4.78, 5) is 20.9. The number of nitrogens with one attached hydrogen (secondary N) is 1. The number of nitro benzene ring substituents is 2. The quantitative estimate of drug-likeness (QED) is 0.170. The van der Waals surface area contributed by atoms with Crippen LogP contribution in [0.1, 0.15) is 29.2 Å². The number of hydrogen-bond donors (Lipinski definition) is 1. The van der Waals surface area contributed by atoms with Crippen molar-refractivity contribution in [2.24, 2.45) is 10.2 Å². The van der Waals surface area contributed by atoms with Gasteiger partial charge in [-0.25, -0.2) is 0 Å². The number of non-ortho nitro benzene ring substituents is 1. The van der Waals surface area contributed by atoms with Crippen molar-refractivity contribution in [2.75, 3.05) is 10.4 Å². The highest BCUT2D eigenvalue weighted by Crippen LogP contribution is 2.36. The Labute approximate surface area is 217 Å². The number of benzene rings is 4. The lowest BCUT2D eigenvalue weighted by Crippen LogP contribution is -2.18. The predicted molar refractivity (Wildman–Crippen MR) is 147 cm³/mol. The fraction of sp³-hybridized carbons (Fsp3) is 0.0714. The summed E-state index contributed by atoms with van der Waals surface area (Å²) < 4.78 is 0. The normalized spacial score (nSPS) is 14.9. The summed E-state index contributed by atoms with van der Waals surface area (Å²) in [6, 6.07) is 31.4. The van der Waals surface area contributed by atoms with Crippen LogP contribution in [0.2, 0.25) is 0 Å². The molecule has 0 saturated heterocycles. The van der Waals surface area contributed by atoms with Crippen LogP contribution >= 0.6 is 0 Å². The molecule has 0 radical (unpaired) electrons. The van der Waals surface area contributed by atoms with E-state index >= 15 is 0 Å². The Balaban J connectivity index is 1.36. The topological polar surface area (TPSA) is 126 Å². The maximum atomic E-state index is 11.3. The lowest BCUT2D eigenvalue weighted by atomic mass is 9.98. The van der Waals surface area contributed by atoms with Gasteiger partial charge in [0.25, 0.3) is 5.69 Å². The predicted octanol–water partition coefficient (Wildman–Crippen LogP) is 6.30. The third-order valence-electron chi connectivity index (χ3n) is 6.15. The van der Waals surface area contributed by atoms with Gasteiger partial charge in [-0.1, -0.05) is 72.8 Å². The van der Waals surface area contributed by atoms with E-state index in [4.69, 9.17) is 5.10 Å². The maximum absolute atomic E-state index is 11.3. The summed E-state index contributed by atoms with van der Waals surface area (Å²) >= 11 is 0. The zero-order valence-electron chi connectivity index (χ0n) is 20.0. The first-order valence-corrected chi connectivity index (χ1v) is 11.8. The van der Waals surface area contributed by atoms with E-state index in [1.54, 1.807) is 0 Å². The van der Waals surface area contributed by atoms with E-state index in [9.17, 15) is 20.2 Å². The number of rotatable bonds is 8. The second kappa shape index (κ2) is 10.7. The summed E-state index contributed by atoms with van der Waals surface area (Å²) in [6.45, 7) is 0. The molecule has 0 aliphatic carbocycles. The van der Waals surface area contributed by atoms with Crippen LogP contribution in [-0.4, -0.2) is 21.8 Å². The standard InChI is InChI=1S/C28H22N6O4/c35-33(36)24-15-16-25(28(17-24)34(37)38)30-29-19-20-11-13-23(14-12-20)32-27(22-9-5-2-6-10-22)18-26(31-32)21-7-3-1-4-8-21/h1-17,19,27,30H,18H2/b29-19-/t27-/m0/s1. The van der Waals surface area contributed by atoms with Crippen LogP contribution in [-0.2, 0) is 0 Å². The summed E-state index contributed by atoms with van der Waals surface area (Å²) in [7, 11) is 0. The number of hydrazone groups is 2. The van der Waals surface area contributed by atoms with Gasteiger partial charge in [-0.15, -0.1) is 0 Å². The highest BCUT2D eigenvalue weighted by molar-refractivity contribution is 6.03. The minimum Gasteiger partial charge on any atom is -0.272 e. The largest absolute Gasteiger partial charge is 0.301 e. The summed E-state index contributed by atoms with van der Waals surface area (Å²) in [6.07, 6.45) is 2.29. The van der Waals surface area contributed by atoms with Gasteiger partial charge >= 0.3 is 5.69 Å². The lowest BCUT2D eigenvalue weighted by molar-refractivity contribution is -0.393. The molecule has 0 spiro atoms. The molecule has 38 heavy (non-hydrogen) atoms. The van der Waals surface area contributed by atoms with Crippen molar-refractivity contribution in [1.82, 2.24) is 0 Å². The summed E-state index contributed by atoms with van der Waals surface area (Å²) in [5.74, 6) is 0. The van der Waals surface area contributed by atoms with E-state index in [0.29, 0.717) is 0 Å². The molecule has 4 aromatic carbocycles. The third kappa shape index (κ3) is 5.24. The molecule has 4 aromatic rings. The average Bonchev–Trinajstić information content (AvgIpc) is 3.40. The van der Waals surface area contributed by atoms with Gasteiger partial charge in [0.15, 0.2) is 0 Å². The second-order valence-electron chi connectivity index (χ2n) is 8.57. The summed E-state index contributed by atoms with van der Waals surface area (Å²) in [5, 5.41) is 33.3. The van der Waals surface area contributed by atoms with Crippen LogP contribution in [0.25, 0.3) is 0 Å². The molecule has 1 heterocycles. The van der Waals surface area contributed by atoms with Gasteiger partial charge in [0.1, 0.15) is 5.69 Å². The fourth-order valence-corrected chi connectivity index (χ4v) is 4.26. The van der Waals surface area contributed by atoms with Crippen LogP contribution < -0.4 is 10.4 Å². The monoisotopic (exact) mass is 506 g/mol. The third-order valence-corrected chi connectivity index (χ3v) is 6.15. The van der Waals surface area contributed by atoms with Crippen molar-refractivity contribution in [3.8, 4) is 0 Å². The highest BCUT2D eigenvalue weighted by atomic mass is 16.6. The van der Waals surface area contributed by atoms with Crippen molar-refractivity contribution < 1.29 is 9.85 Å². The van der Waals surface area contributed by atoms with Gasteiger partial charge in [-0.2, -0.15) is 10.2 Å². The molecule has 1 atom stereocenters. The molecular weight excluding hydrogens is 484 g/mol. The minimum atomic E-state index is -0.691. The van der Waals surface area contributed by atoms with E-state index in [1.165, 1.54) is 23.9 Å². The van der Waals surface area contributed by atoms with Gasteiger partial charge < -0.3 is 0 Å². The summed E-state index contributed by atoms with van der Waals surface area (Å²) in [5.41, 5.74) is 6.81. The van der Waals surface area contributed by atoms with Crippen LogP contribution in [0.3, 0.4) is 0 Å². The number of hydrogen-bond acceptors (Lipinski definition) is 8. The molecule has 188 valence electrons. The minimum absolute atomic E-state index is 0.0512. The van der Waals surface area contributed by atoms with E-state index in [1.807, 2.05) is 65.7 Å². The van der Waals surface area contributed by atoms with Gasteiger partial charge in [0, 0.05) is 12.5 Å². The van der Waals surface area contributed by atoms with Gasteiger partial charge in [-0.3, -0.25) is 30.7 Å². The molecule has 0 fully saturated rings. The zero-order chi connectivity index (χ0) is 26.5. The van der Waals surface area contributed by atoms with Crippen molar-refractivity contribution in [1.29, 1.82) is 0 Å². The molecule has 0 amide bonds. The van der Waals surface area contributed by atoms with Crippen LogP contribution in [0, 0.1) is 20.2 Å². The Bertz CT molecular complexity index is 1520. The van der Waals surface area contributed by atoms with Crippen LogP contribution in [0.5, 0.6) is 0 Å². The Kier molecular flexibility index (Phi) is 6.85. The van der Waals surface area contributed by atoms with Gasteiger partial charge in [-0.05, 0) is 34.9 Å². The molecule has 1 N–H and O–H groups in total. The van der Waals surface area contributed by atoms with Crippen molar-refractivity contribution >= 4 is 34.7 Å². The molecule has 1 aliphatic heterocycles. The first-order valence-electron chi connectivity index (χ1n) is 11.8. The molecule has 1 aliphatic rings. The first-order chi connectivity index (χ1) is 18.5. The SMILES string of the molecule is O=[N+]([O-])c1ccc(N/N=C\c2ccc(N3N=C(c4ccccc4)C[C@H]3c3ccccc3)cc2)c([N+](=O)[O-])c1. The second-order valence-corrected chi connectivity index (χ2v) is 8.57. The number of anilines is 2. The Morgan fingerprint density at radius 2 is 1.55 bits per heavy atom. The molecule has 0 saturated carbocycles. The van der Waals surface area contributed by atoms with Gasteiger partial charge in [0.05, 0.1) is 39.6 Å². The molecule has 5 rings (SSSR count). The smallest absolute Gasteiger partial charge is 0.272 e. The molecular formula is C28H22N6O4. The van der Waals surface area contributed by atoms with Crippen molar-refractivity contribution in [2.45, 2.75) is 12.5 Å². The van der Waals surface area contributed by atoms with Crippen molar-refractivity contribution in [3.63, 3.8) is 0 Å². The Morgan fingerprint density at radius 1 is 0.868 bits per heavy atom. The molecule has 0 bridgehead atoms. The number of nitro groups is 2. The Morgan fingerprint density at radius 3 is 2.21 bits per heavy atom. The molecule has 10 nitrogen and oxygen atoms in total. The van der Waals surface area contributed by atoms with E-state index < -0.39 is 15.5 Å². The number of nitrogens with zero attached hydrogens (tertiary/aromatic N) is 5. The van der Waals surface area contributed by atoms with E-state index in [2.05, 4.69) is 34.8 Å². The van der Waals surface area contributed by atoms with Crippen molar-refractivity contribution in [3.05, 3.63) is 140 Å². The first kappa shape index (κ1) is 24.3. The lowest BCUT2D eigenvalue weighted by Gasteiger charge is -2.24. The van der Waals surface area contributed by atoms with Crippen LogP contribution in [0.4, 0.5) is 22.7 Å². The highest BCUT2D eigenvalue weighted by Gasteiger charge is 2.29. The average molecular weight is 507 g/mol. The molecule has 0 unspecified atom stereocenters. The zero-order valence-corrected chi connectivity index (χ0v) is 20.0.